The second-order valence-corrected chi connectivity index (χ2v) is 5.31. The Hall–Kier alpha value is -1.42. The third-order valence-corrected chi connectivity index (χ3v) is 3.04. The van der Waals surface area contributed by atoms with Crippen molar-refractivity contribution in [2.45, 2.75) is 52.8 Å². The summed E-state index contributed by atoms with van der Waals surface area (Å²) in [5.41, 5.74) is 0.690. The first kappa shape index (κ1) is 15.6. The first-order valence-corrected chi connectivity index (χ1v) is 6.55. The van der Waals surface area contributed by atoms with Crippen molar-refractivity contribution in [2.75, 3.05) is 0 Å². The van der Waals surface area contributed by atoms with Gasteiger partial charge in [0.1, 0.15) is 5.82 Å². The molecular formula is C15H22FNO2. The molecule has 4 heteroatoms. The minimum atomic E-state index is -0.879. The fourth-order valence-electron chi connectivity index (χ4n) is 2.28. The third kappa shape index (κ3) is 3.53. The fraction of sp³-hybridized carbons (Fsp3) is 0.533. The zero-order chi connectivity index (χ0) is 14.7. The van der Waals surface area contributed by atoms with Crippen molar-refractivity contribution in [3.63, 3.8) is 0 Å². The monoisotopic (exact) mass is 267 g/mol. The lowest BCUT2D eigenvalue weighted by atomic mass is 10.0. The van der Waals surface area contributed by atoms with Crippen molar-refractivity contribution in [2.24, 2.45) is 0 Å². The molecule has 3 nitrogen and oxygen atoms in total. The second kappa shape index (κ2) is 6.15. The lowest BCUT2D eigenvalue weighted by Crippen LogP contribution is -2.42. The summed E-state index contributed by atoms with van der Waals surface area (Å²) in [6.07, 6.45) is -0.879. The number of aliphatic hydroxyl groups is 1. The highest BCUT2D eigenvalue weighted by atomic mass is 19.1. The topological polar surface area (TPSA) is 40.5 Å². The molecule has 0 aromatic heterocycles. The van der Waals surface area contributed by atoms with Crippen LogP contribution in [0.5, 0.6) is 0 Å². The quantitative estimate of drug-likeness (QED) is 0.910. The van der Waals surface area contributed by atoms with Crippen molar-refractivity contribution in [3.05, 3.63) is 35.1 Å². The van der Waals surface area contributed by atoms with E-state index in [0.717, 1.165) is 0 Å². The molecule has 0 bridgehead atoms. The molecule has 0 radical (unpaired) electrons. The molecule has 1 N–H and O–H groups in total. The summed E-state index contributed by atoms with van der Waals surface area (Å²) < 4.78 is 13.3. The number of halogens is 1. The average Bonchev–Trinajstić information content (AvgIpc) is 2.27. The van der Waals surface area contributed by atoms with Crippen LogP contribution < -0.4 is 0 Å². The summed E-state index contributed by atoms with van der Waals surface area (Å²) in [7, 11) is 0. The van der Waals surface area contributed by atoms with Gasteiger partial charge in [0, 0.05) is 17.6 Å². The van der Waals surface area contributed by atoms with Crippen LogP contribution in [0.2, 0.25) is 0 Å². The zero-order valence-electron chi connectivity index (χ0n) is 12.1. The number of carbonyl (C=O) groups excluding carboxylic acids is 1. The van der Waals surface area contributed by atoms with Crippen molar-refractivity contribution in [3.8, 4) is 0 Å². The lowest BCUT2D eigenvalue weighted by molar-refractivity contribution is 0.0637. The third-order valence-electron chi connectivity index (χ3n) is 3.04. The van der Waals surface area contributed by atoms with Gasteiger partial charge in [-0.05, 0) is 58.4 Å². The van der Waals surface area contributed by atoms with Crippen LogP contribution in [0.4, 0.5) is 4.39 Å². The maximum absolute atomic E-state index is 13.3. The van der Waals surface area contributed by atoms with Crippen LogP contribution in [0.3, 0.4) is 0 Å². The number of nitrogens with zero attached hydrogens (tertiary/aromatic N) is 1. The molecule has 1 aromatic rings. The first-order valence-electron chi connectivity index (χ1n) is 6.55. The Labute approximate surface area is 114 Å². The second-order valence-electron chi connectivity index (χ2n) is 5.31. The van der Waals surface area contributed by atoms with E-state index in [1.165, 1.54) is 25.1 Å². The predicted octanol–water partition coefficient (Wildman–Crippen LogP) is 3.14. The van der Waals surface area contributed by atoms with Crippen molar-refractivity contribution >= 4 is 5.91 Å². The SMILES string of the molecule is CC(O)c1cc(F)ccc1C(=O)N(C(C)C)C(C)C. The van der Waals surface area contributed by atoms with E-state index >= 15 is 0 Å². The summed E-state index contributed by atoms with van der Waals surface area (Å²) in [4.78, 5) is 14.3. The Balaban J connectivity index is 3.25. The van der Waals surface area contributed by atoms with Gasteiger partial charge in [0.2, 0.25) is 0 Å². The Kier molecular flexibility index (Phi) is 5.06. The maximum atomic E-state index is 13.3. The lowest BCUT2D eigenvalue weighted by Gasteiger charge is -2.31. The van der Waals surface area contributed by atoms with Gasteiger partial charge in [-0.25, -0.2) is 4.39 Å². The van der Waals surface area contributed by atoms with Gasteiger partial charge in [-0.3, -0.25) is 4.79 Å². The summed E-state index contributed by atoms with van der Waals surface area (Å²) in [6.45, 7) is 9.26. The first-order chi connectivity index (χ1) is 8.75. The summed E-state index contributed by atoms with van der Waals surface area (Å²) >= 11 is 0. The number of hydrogen-bond donors (Lipinski definition) is 1. The van der Waals surface area contributed by atoms with Crippen molar-refractivity contribution in [1.82, 2.24) is 4.90 Å². The number of amides is 1. The van der Waals surface area contributed by atoms with Crippen LogP contribution in [0.15, 0.2) is 18.2 Å². The highest BCUT2D eigenvalue weighted by Crippen LogP contribution is 2.22. The number of benzene rings is 1. The van der Waals surface area contributed by atoms with Gasteiger partial charge in [-0.2, -0.15) is 0 Å². The largest absolute Gasteiger partial charge is 0.389 e. The van der Waals surface area contributed by atoms with E-state index in [1.807, 2.05) is 27.7 Å². The molecule has 106 valence electrons. The van der Waals surface area contributed by atoms with E-state index in [9.17, 15) is 14.3 Å². The molecule has 1 atom stereocenters. The molecule has 0 heterocycles. The highest BCUT2D eigenvalue weighted by molar-refractivity contribution is 5.96. The van der Waals surface area contributed by atoms with Crippen LogP contribution in [-0.2, 0) is 0 Å². The molecule has 1 amide bonds. The molecule has 0 aliphatic carbocycles. The predicted molar refractivity (Wildman–Crippen MR) is 73.5 cm³/mol. The minimum absolute atomic E-state index is 0.0411. The summed E-state index contributed by atoms with van der Waals surface area (Å²) in [6, 6.07) is 3.99. The number of aliphatic hydroxyl groups excluding tert-OH is 1. The standard InChI is InChI=1S/C15H22FNO2/c1-9(2)17(10(3)4)15(19)13-7-6-12(16)8-14(13)11(5)18/h6-11,18H,1-5H3. The summed E-state index contributed by atoms with van der Waals surface area (Å²) in [5.74, 6) is -0.631. The van der Waals surface area contributed by atoms with Crippen LogP contribution in [-0.4, -0.2) is 28.0 Å². The van der Waals surface area contributed by atoms with Gasteiger partial charge < -0.3 is 10.0 Å². The zero-order valence-corrected chi connectivity index (χ0v) is 12.1. The molecule has 19 heavy (non-hydrogen) atoms. The number of hydrogen-bond acceptors (Lipinski definition) is 2. The molecule has 1 unspecified atom stereocenters. The molecule has 0 aliphatic rings. The van der Waals surface area contributed by atoms with Gasteiger partial charge in [0.25, 0.3) is 5.91 Å². The Bertz CT molecular complexity index is 447. The number of carbonyl (C=O) groups is 1. The molecule has 0 saturated heterocycles. The maximum Gasteiger partial charge on any atom is 0.254 e. The fourth-order valence-corrected chi connectivity index (χ4v) is 2.28. The van der Waals surface area contributed by atoms with Gasteiger partial charge >= 0.3 is 0 Å². The molecule has 0 saturated carbocycles. The van der Waals surface area contributed by atoms with E-state index in [-0.39, 0.29) is 18.0 Å². The van der Waals surface area contributed by atoms with Gasteiger partial charge in [0.05, 0.1) is 6.10 Å². The minimum Gasteiger partial charge on any atom is -0.389 e. The van der Waals surface area contributed by atoms with E-state index in [4.69, 9.17) is 0 Å². The van der Waals surface area contributed by atoms with E-state index < -0.39 is 11.9 Å². The molecule has 1 rings (SSSR count). The van der Waals surface area contributed by atoms with E-state index in [1.54, 1.807) is 4.90 Å². The van der Waals surface area contributed by atoms with E-state index in [0.29, 0.717) is 11.1 Å². The van der Waals surface area contributed by atoms with Crippen LogP contribution in [0, 0.1) is 5.82 Å². The number of rotatable bonds is 4. The molecular weight excluding hydrogens is 245 g/mol. The van der Waals surface area contributed by atoms with Crippen molar-refractivity contribution < 1.29 is 14.3 Å². The van der Waals surface area contributed by atoms with Crippen molar-refractivity contribution in [1.29, 1.82) is 0 Å². The van der Waals surface area contributed by atoms with Gasteiger partial charge in [-0.1, -0.05) is 0 Å². The average molecular weight is 267 g/mol. The highest BCUT2D eigenvalue weighted by Gasteiger charge is 2.25. The van der Waals surface area contributed by atoms with Gasteiger partial charge in [-0.15, -0.1) is 0 Å². The molecule has 0 aliphatic heterocycles. The Morgan fingerprint density at radius 3 is 2.11 bits per heavy atom. The normalized spacial score (nSPS) is 12.9. The van der Waals surface area contributed by atoms with Crippen LogP contribution >= 0.6 is 0 Å². The molecule has 0 spiro atoms. The molecule has 1 aromatic carbocycles. The smallest absolute Gasteiger partial charge is 0.254 e. The van der Waals surface area contributed by atoms with E-state index in [2.05, 4.69) is 0 Å². The van der Waals surface area contributed by atoms with Crippen LogP contribution in [0.1, 0.15) is 56.6 Å². The Morgan fingerprint density at radius 2 is 1.68 bits per heavy atom. The van der Waals surface area contributed by atoms with Crippen LogP contribution in [0.25, 0.3) is 0 Å². The van der Waals surface area contributed by atoms with Gasteiger partial charge in [0.15, 0.2) is 0 Å². The Morgan fingerprint density at radius 1 is 1.16 bits per heavy atom. The molecule has 0 fully saturated rings. The summed E-state index contributed by atoms with van der Waals surface area (Å²) in [5, 5.41) is 9.70.